The number of piperazine rings is 1. The van der Waals surface area contributed by atoms with Gasteiger partial charge in [0.05, 0.1) is 6.54 Å². The monoisotopic (exact) mass is 168 g/mol. The molecule has 0 atom stereocenters. The Hall–Kier alpha value is -1.52. The van der Waals surface area contributed by atoms with Gasteiger partial charge in [0.2, 0.25) is 5.91 Å². The van der Waals surface area contributed by atoms with Crippen molar-refractivity contribution in [1.29, 1.82) is 0 Å². The van der Waals surface area contributed by atoms with Gasteiger partial charge >= 0.3 is 0 Å². The second-order valence-electron chi connectivity index (χ2n) is 2.77. The Kier molecular flexibility index (Phi) is 1.33. The van der Waals surface area contributed by atoms with Gasteiger partial charge in [-0.05, 0) is 0 Å². The zero-order valence-electron chi connectivity index (χ0n) is 6.33. The maximum atomic E-state index is 11.1. The van der Waals surface area contributed by atoms with Crippen molar-refractivity contribution in [3.63, 3.8) is 0 Å². The Morgan fingerprint density at radius 2 is 2.17 bits per heavy atom. The average Bonchev–Trinajstić information content (AvgIpc) is 2.42. The van der Waals surface area contributed by atoms with Gasteiger partial charge in [0, 0.05) is 13.0 Å². The van der Waals surface area contributed by atoms with Crippen molar-refractivity contribution in [2.24, 2.45) is 0 Å². The molecule has 2 N–H and O–H groups in total. The summed E-state index contributed by atoms with van der Waals surface area (Å²) in [5, 5.41) is 11.6. The van der Waals surface area contributed by atoms with Crippen molar-refractivity contribution in [2.45, 2.75) is 6.42 Å². The first-order valence-corrected chi connectivity index (χ1v) is 3.71. The van der Waals surface area contributed by atoms with Gasteiger partial charge in [-0.1, -0.05) is 0 Å². The summed E-state index contributed by atoms with van der Waals surface area (Å²) in [6, 6.07) is 0. The fourth-order valence-electron chi connectivity index (χ4n) is 1.44. The lowest BCUT2D eigenvalue weighted by Crippen LogP contribution is -2.48. The predicted molar refractivity (Wildman–Crippen MR) is 39.0 cm³/mol. The molecule has 2 aliphatic heterocycles. The number of aliphatic hydroxyl groups excluding tert-OH is 1. The molecule has 0 aromatic heterocycles. The quantitative estimate of drug-likeness (QED) is 0.493. The van der Waals surface area contributed by atoms with Crippen molar-refractivity contribution in [2.75, 3.05) is 13.1 Å². The van der Waals surface area contributed by atoms with Crippen LogP contribution in [0.5, 0.6) is 0 Å². The summed E-state index contributed by atoms with van der Waals surface area (Å²) in [5.74, 6) is -0.501. The summed E-state index contributed by atoms with van der Waals surface area (Å²) in [6.07, 6.45) is 0.383. The highest BCUT2D eigenvalue weighted by atomic mass is 16.3. The van der Waals surface area contributed by atoms with E-state index in [4.69, 9.17) is 0 Å². The van der Waals surface area contributed by atoms with Gasteiger partial charge in [-0.25, -0.2) is 0 Å². The summed E-state index contributed by atoms with van der Waals surface area (Å²) in [6.45, 7) is 0.461. The van der Waals surface area contributed by atoms with E-state index in [1.807, 2.05) is 0 Å². The average molecular weight is 168 g/mol. The molecule has 5 nitrogen and oxygen atoms in total. The lowest BCUT2D eigenvalue weighted by molar-refractivity contribution is -0.136. The number of carbonyl (C=O) groups excluding carboxylic acids is 2. The lowest BCUT2D eigenvalue weighted by Gasteiger charge is -2.24. The molecule has 5 heteroatoms. The lowest BCUT2D eigenvalue weighted by atomic mass is 10.3. The third-order valence-electron chi connectivity index (χ3n) is 2.03. The van der Waals surface area contributed by atoms with Crippen LogP contribution in [-0.2, 0) is 9.59 Å². The van der Waals surface area contributed by atoms with E-state index in [1.165, 1.54) is 4.90 Å². The van der Waals surface area contributed by atoms with Crippen molar-refractivity contribution < 1.29 is 14.7 Å². The van der Waals surface area contributed by atoms with Crippen LogP contribution < -0.4 is 5.32 Å². The minimum absolute atomic E-state index is 0.0144. The number of hydrogen-bond donors (Lipinski definition) is 2. The number of fused-ring (bicyclic) bond motifs is 1. The molecule has 0 unspecified atom stereocenters. The second-order valence-corrected chi connectivity index (χ2v) is 2.77. The van der Waals surface area contributed by atoms with Gasteiger partial charge in [0.1, 0.15) is 11.5 Å². The van der Waals surface area contributed by atoms with Gasteiger partial charge in [-0.15, -0.1) is 0 Å². The number of aliphatic hydroxyl groups is 1. The fourth-order valence-corrected chi connectivity index (χ4v) is 1.44. The van der Waals surface area contributed by atoms with E-state index in [-0.39, 0.29) is 29.8 Å². The van der Waals surface area contributed by atoms with Gasteiger partial charge in [0.25, 0.3) is 5.91 Å². The van der Waals surface area contributed by atoms with Crippen LogP contribution in [0.4, 0.5) is 0 Å². The topological polar surface area (TPSA) is 69.6 Å². The van der Waals surface area contributed by atoms with Gasteiger partial charge in [-0.3, -0.25) is 9.59 Å². The van der Waals surface area contributed by atoms with Crippen LogP contribution in [0, 0.1) is 0 Å². The Balaban J connectivity index is 2.40. The van der Waals surface area contributed by atoms with Gasteiger partial charge in [-0.2, -0.15) is 0 Å². The Bertz CT molecular complexity index is 295. The standard InChI is InChI=1S/C7H8N2O3/c10-4-1-2-9-5(11)3-8-7(12)6(4)9/h10H,1-3H2,(H,8,12). The molecule has 0 aliphatic carbocycles. The third-order valence-corrected chi connectivity index (χ3v) is 2.03. The molecule has 12 heavy (non-hydrogen) atoms. The predicted octanol–water partition coefficient (Wildman–Crippen LogP) is -0.882. The summed E-state index contributed by atoms with van der Waals surface area (Å²) < 4.78 is 0. The zero-order chi connectivity index (χ0) is 8.72. The van der Waals surface area contributed by atoms with E-state index in [0.717, 1.165) is 0 Å². The van der Waals surface area contributed by atoms with E-state index in [2.05, 4.69) is 5.32 Å². The van der Waals surface area contributed by atoms with Gasteiger partial charge < -0.3 is 15.3 Å². The minimum Gasteiger partial charge on any atom is -0.510 e. The number of nitrogens with one attached hydrogen (secondary N) is 1. The molecular weight excluding hydrogens is 160 g/mol. The first kappa shape index (κ1) is 7.15. The largest absolute Gasteiger partial charge is 0.510 e. The molecule has 0 aromatic rings. The molecule has 64 valence electrons. The molecule has 2 rings (SSSR count). The van der Waals surface area contributed by atoms with Crippen LogP contribution >= 0.6 is 0 Å². The van der Waals surface area contributed by atoms with Crippen LogP contribution in [0.3, 0.4) is 0 Å². The molecule has 2 amide bonds. The fraction of sp³-hybridized carbons (Fsp3) is 0.429. The molecule has 0 radical (unpaired) electrons. The second kappa shape index (κ2) is 2.23. The van der Waals surface area contributed by atoms with E-state index in [9.17, 15) is 14.7 Å². The van der Waals surface area contributed by atoms with Crippen LogP contribution in [0.25, 0.3) is 0 Å². The van der Waals surface area contributed by atoms with Crippen LogP contribution in [-0.4, -0.2) is 34.9 Å². The van der Waals surface area contributed by atoms with E-state index in [0.29, 0.717) is 13.0 Å². The Labute approximate surface area is 68.7 Å². The molecule has 0 spiro atoms. The molecule has 2 heterocycles. The Morgan fingerprint density at radius 1 is 1.42 bits per heavy atom. The van der Waals surface area contributed by atoms with Crippen molar-refractivity contribution in [3.8, 4) is 0 Å². The minimum atomic E-state index is -0.357. The molecule has 0 saturated carbocycles. The highest BCUT2D eigenvalue weighted by molar-refractivity contribution is 6.03. The van der Waals surface area contributed by atoms with Crippen LogP contribution in [0.1, 0.15) is 6.42 Å². The summed E-state index contributed by atoms with van der Waals surface area (Å²) in [5.41, 5.74) is 0.131. The van der Waals surface area contributed by atoms with Crippen molar-refractivity contribution >= 4 is 11.8 Å². The highest BCUT2D eigenvalue weighted by Gasteiger charge is 2.35. The molecule has 1 fully saturated rings. The molecule has 0 bridgehead atoms. The summed E-state index contributed by atoms with van der Waals surface area (Å²) >= 11 is 0. The third kappa shape index (κ3) is 0.792. The maximum absolute atomic E-state index is 11.1. The number of rotatable bonds is 0. The SMILES string of the molecule is O=C1NCC(=O)N2CCC(O)=C12. The van der Waals surface area contributed by atoms with E-state index < -0.39 is 0 Å². The van der Waals surface area contributed by atoms with Crippen LogP contribution in [0.2, 0.25) is 0 Å². The molecule has 0 aromatic carbocycles. The summed E-state index contributed by atoms with van der Waals surface area (Å²) in [7, 11) is 0. The zero-order valence-corrected chi connectivity index (χ0v) is 6.33. The molecule has 2 aliphatic rings. The molecule has 1 saturated heterocycles. The smallest absolute Gasteiger partial charge is 0.271 e. The number of amides is 2. The highest BCUT2D eigenvalue weighted by Crippen LogP contribution is 2.22. The van der Waals surface area contributed by atoms with Crippen molar-refractivity contribution in [3.05, 3.63) is 11.5 Å². The number of carbonyl (C=O) groups is 2. The number of nitrogens with zero attached hydrogens (tertiary/aromatic N) is 1. The summed E-state index contributed by atoms with van der Waals surface area (Å²) in [4.78, 5) is 23.6. The first-order chi connectivity index (χ1) is 5.70. The normalized spacial score (nSPS) is 22.8. The van der Waals surface area contributed by atoms with Crippen molar-refractivity contribution in [1.82, 2.24) is 10.2 Å². The Morgan fingerprint density at radius 3 is 2.83 bits per heavy atom. The van der Waals surface area contributed by atoms with Crippen LogP contribution in [0.15, 0.2) is 11.5 Å². The maximum Gasteiger partial charge on any atom is 0.271 e. The molecular formula is C7H8N2O3. The van der Waals surface area contributed by atoms with E-state index >= 15 is 0 Å². The van der Waals surface area contributed by atoms with E-state index in [1.54, 1.807) is 0 Å². The van der Waals surface area contributed by atoms with Gasteiger partial charge in [0.15, 0.2) is 0 Å². The first-order valence-electron chi connectivity index (χ1n) is 3.71. The number of hydrogen-bond acceptors (Lipinski definition) is 3.